The van der Waals surface area contributed by atoms with Crippen LogP contribution in [0.15, 0.2) is 18.2 Å². The molecule has 1 aromatic carbocycles. The van der Waals surface area contributed by atoms with Gasteiger partial charge in [0.2, 0.25) is 0 Å². The van der Waals surface area contributed by atoms with Crippen molar-refractivity contribution >= 4 is 0 Å². The maximum Gasteiger partial charge on any atom is 0.165 e. The second-order valence-electron chi connectivity index (χ2n) is 4.50. The van der Waals surface area contributed by atoms with E-state index in [1.165, 1.54) is 6.07 Å². The minimum atomic E-state index is -0.274. The maximum absolute atomic E-state index is 13.6. The first-order valence-electron chi connectivity index (χ1n) is 6.28. The van der Waals surface area contributed by atoms with Crippen molar-refractivity contribution in [3.63, 3.8) is 0 Å². The van der Waals surface area contributed by atoms with Gasteiger partial charge in [0.25, 0.3) is 0 Å². The quantitative estimate of drug-likeness (QED) is 0.735. The molecule has 0 aliphatic carbocycles. The minimum Gasteiger partial charge on any atom is -0.491 e. The summed E-state index contributed by atoms with van der Waals surface area (Å²) < 4.78 is 19.0. The second-order valence-corrected chi connectivity index (χ2v) is 4.50. The van der Waals surface area contributed by atoms with Gasteiger partial charge < -0.3 is 10.1 Å². The van der Waals surface area contributed by atoms with Gasteiger partial charge in [-0.3, -0.25) is 0 Å². The molecule has 2 nitrogen and oxygen atoms in total. The van der Waals surface area contributed by atoms with E-state index in [9.17, 15) is 4.39 Å². The summed E-state index contributed by atoms with van der Waals surface area (Å²) in [6.45, 7) is 7.48. The zero-order chi connectivity index (χ0) is 12.7. The van der Waals surface area contributed by atoms with Gasteiger partial charge in [-0.05, 0) is 24.1 Å². The molecular formula is C14H22FNO. The smallest absolute Gasteiger partial charge is 0.165 e. The number of hydrogen-bond acceptors (Lipinski definition) is 2. The Morgan fingerprint density at radius 1 is 1.35 bits per heavy atom. The van der Waals surface area contributed by atoms with Crippen molar-refractivity contribution in [1.29, 1.82) is 0 Å². The number of unbranched alkanes of at least 4 members (excludes halogenated alkanes) is 1. The van der Waals surface area contributed by atoms with Crippen LogP contribution in [0.4, 0.5) is 4.39 Å². The Balaban J connectivity index is 2.53. The molecular weight excluding hydrogens is 217 g/mol. The lowest BCUT2D eigenvalue weighted by Gasteiger charge is -2.10. The van der Waals surface area contributed by atoms with Crippen molar-refractivity contribution in [3.05, 3.63) is 29.6 Å². The fourth-order valence-corrected chi connectivity index (χ4v) is 1.42. The monoisotopic (exact) mass is 239 g/mol. The van der Waals surface area contributed by atoms with Crippen molar-refractivity contribution in [2.45, 2.75) is 46.2 Å². The molecule has 0 amide bonds. The molecule has 0 bridgehead atoms. The van der Waals surface area contributed by atoms with Gasteiger partial charge in [-0.1, -0.05) is 33.3 Å². The third-order valence-electron chi connectivity index (χ3n) is 2.47. The molecule has 0 spiro atoms. The third kappa shape index (κ3) is 5.18. The van der Waals surface area contributed by atoms with E-state index in [1.807, 2.05) is 6.07 Å². The maximum atomic E-state index is 13.6. The molecule has 1 rings (SSSR count). The van der Waals surface area contributed by atoms with Crippen molar-refractivity contribution < 1.29 is 9.13 Å². The number of ether oxygens (including phenoxy) is 1. The average Bonchev–Trinajstić information content (AvgIpc) is 2.29. The van der Waals surface area contributed by atoms with Gasteiger partial charge >= 0.3 is 0 Å². The summed E-state index contributed by atoms with van der Waals surface area (Å²) >= 11 is 0. The van der Waals surface area contributed by atoms with Gasteiger partial charge in [-0.2, -0.15) is 0 Å². The lowest BCUT2D eigenvalue weighted by Crippen LogP contribution is -2.21. The molecule has 96 valence electrons. The number of halogens is 1. The van der Waals surface area contributed by atoms with E-state index in [1.54, 1.807) is 6.07 Å². The Morgan fingerprint density at radius 3 is 2.71 bits per heavy atom. The minimum absolute atomic E-state index is 0.274. The molecule has 0 unspecified atom stereocenters. The van der Waals surface area contributed by atoms with Crippen LogP contribution in [0.2, 0.25) is 0 Å². The van der Waals surface area contributed by atoms with Crippen molar-refractivity contribution in [2.75, 3.05) is 6.61 Å². The molecule has 0 saturated heterocycles. The number of nitrogens with one attached hydrogen (secondary N) is 1. The van der Waals surface area contributed by atoms with Crippen LogP contribution in [0.5, 0.6) is 5.75 Å². The average molecular weight is 239 g/mol. The highest BCUT2D eigenvalue weighted by atomic mass is 19.1. The van der Waals surface area contributed by atoms with Gasteiger partial charge in [0.15, 0.2) is 11.6 Å². The normalized spacial score (nSPS) is 10.9. The molecule has 0 aliphatic rings. The largest absolute Gasteiger partial charge is 0.491 e. The fraction of sp³-hybridized carbons (Fsp3) is 0.571. The predicted octanol–water partition coefficient (Wildman–Crippen LogP) is 3.50. The van der Waals surface area contributed by atoms with Crippen LogP contribution in [0.1, 0.15) is 39.2 Å². The van der Waals surface area contributed by atoms with E-state index in [-0.39, 0.29) is 5.82 Å². The van der Waals surface area contributed by atoms with Crippen molar-refractivity contribution in [2.24, 2.45) is 0 Å². The number of hydrogen-bond donors (Lipinski definition) is 1. The van der Waals surface area contributed by atoms with Crippen LogP contribution < -0.4 is 10.1 Å². The van der Waals surface area contributed by atoms with E-state index in [0.717, 1.165) is 18.4 Å². The Kier molecular flexibility index (Phi) is 5.98. The number of rotatable bonds is 7. The zero-order valence-corrected chi connectivity index (χ0v) is 10.9. The summed E-state index contributed by atoms with van der Waals surface area (Å²) in [7, 11) is 0. The van der Waals surface area contributed by atoms with Crippen molar-refractivity contribution in [1.82, 2.24) is 5.32 Å². The molecule has 0 saturated carbocycles. The first-order chi connectivity index (χ1) is 8.13. The molecule has 0 radical (unpaired) electrons. The SMILES string of the molecule is CCCCOc1ccc(CNC(C)C)cc1F. The van der Waals surface area contributed by atoms with Crippen LogP contribution in [-0.2, 0) is 6.54 Å². The van der Waals surface area contributed by atoms with Crippen LogP contribution in [0.25, 0.3) is 0 Å². The van der Waals surface area contributed by atoms with E-state index < -0.39 is 0 Å². The number of benzene rings is 1. The van der Waals surface area contributed by atoms with Gasteiger partial charge in [-0.15, -0.1) is 0 Å². The zero-order valence-electron chi connectivity index (χ0n) is 10.9. The molecule has 0 heterocycles. The molecule has 1 aromatic rings. The fourth-order valence-electron chi connectivity index (χ4n) is 1.42. The molecule has 0 fully saturated rings. The molecule has 0 aromatic heterocycles. The van der Waals surface area contributed by atoms with E-state index in [0.29, 0.717) is 24.9 Å². The van der Waals surface area contributed by atoms with E-state index >= 15 is 0 Å². The standard InChI is InChI=1S/C14H22FNO/c1-4-5-8-17-14-7-6-12(9-13(14)15)10-16-11(2)3/h6-7,9,11,16H,4-5,8,10H2,1-3H3. The molecule has 17 heavy (non-hydrogen) atoms. The summed E-state index contributed by atoms with van der Waals surface area (Å²) in [4.78, 5) is 0. The highest BCUT2D eigenvalue weighted by Crippen LogP contribution is 2.18. The summed E-state index contributed by atoms with van der Waals surface area (Å²) in [5.41, 5.74) is 0.944. The van der Waals surface area contributed by atoms with Crippen LogP contribution >= 0.6 is 0 Å². The van der Waals surface area contributed by atoms with Crippen LogP contribution in [0.3, 0.4) is 0 Å². The third-order valence-corrected chi connectivity index (χ3v) is 2.47. The van der Waals surface area contributed by atoms with Crippen LogP contribution in [-0.4, -0.2) is 12.6 Å². The lowest BCUT2D eigenvalue weighted by atomic mass is 10.2. The molecule has 1 N–H and O–H groups in total. The first kappa shape index (κ1) is 14.0. The van der Waals surface area contributed by atoms with E-state index in [4.69, 9.17) is 4.74 Å². The van der Waals surface area contributed by atoms with Gasteiger partial charge in [0.1, 0.15) is 0 Å². The Bertz CT molecular complexity index is 339. The predicted molar refractivity (Wildman–Crippen MR) is 68.8 cm³/mol. The molecule has 3 heteroatoms. The molecule has 0 atom stereocenters. The highest BCUT2D eigenvalue weighted by Gasteiger charge is 2.04. The summed E-state index contributed by atoms with van der Waals surface area (Å²) in [5, 5.41) is 3.25. The molecule has 0 aliphatic heterocycles. The Morgan fingerprint density at radius 2 is 2.12 bits per heavy atom. The summed E-state index contributed by atoms with van der Waals surface area (Å²) in [6, 6.07) is 5.55. The van der Waals surface area contributed by atoms with Gasteiger partial charge in [0.05, 0.1) is 6.61 Å². The Hall–Kier alpha value is -1.09. The second kappa shape index (κ2) is 7.28. The van der Waals surface area contributed by atoms with Gasteiger partial charge in [-0.25, -0.2) is 4.39 Å². The summed E-state index contributed by atoms with van der Waals surface area (Å²) in [6.07, 6.45) is 2.01. The first-order valence-corrected chi connectivity index (χ1v) is 6.28. The van der Waals surface area contributed by atoms with Crippen molar-refractivity contribution in [3.8, 4) is 5.75 Å². The van der Waals surface area contributed by atoms with Crippen LogP contribution in [0, 0.1) is 5.82 Å². The topological polar surface area (TPSA) is 21.3 Å². The Labute approximate surface area is 103 Å². The van der Waals surface area contributed by atoms with E-state index in [2.05, 4.69) is 26.1 Å². The highest BCUT2D eigenvalue weighted by molar-refractivity contribution is 5.29. The summed E-state index contributed by atoms with van der Waals surface area (Å²) in [5.74, 6) is 0.0795. The lowest BCUT2D eigenvalue weighted by molar-refractivity contribution is 0.294. The van der Waals surface area contributed by atoms with Gasteiger partial charge in [0, 0.05) is 12.6 Å².